The maximum atomic E-state index is 6.09. The van der Waals surface area contributed by atoms with Gasteiger partial charge in [0.1, 0.15) is 0 Å². The summed E-state index contributed by atoms with van der Waals surface area (Å²) in [6.45, 7) is 5.07. The molecule has 0 aliphatic rings. The van der Waals surface area contributed by atoms with E-state index in [1.165, 1.54) is 0 Å². The van der Waals surface area contributed by atoms with Gasteiger partial charge < -0.3 is 8.85 Å². The van der Waals surface area contributed by atoms with E-state index in [9.17, 15) is 0 Å². The summed E-state index contributed by atoms with van der Waals surface area (Å²) in [5.41, 5.74) is 0. The van der Waals surface area contributed by atoms with Gasteiger partial charge in [0, 0.05) is 19.3 Å². The van der Waals surface area contributed by atoms with Crippen LogP contribution in [-0.4, -0.2) is 26.8 Å². The highest BCUT2D eigenvalue weighted by Crippen LogP contribution is 2.18. The highest BCUT2D eigenvalue weighted by Gasteiger charge is 2.33. The van der Waals surface area contributed by atoms with Gasteiger partial charge in [-0.25, -0.2) is 0 Å². The maximum absolute atomic E-state index is 6.09. The molecule has 0 rings (SSSR count). The molecule has 0 aromatic carbocycles. The molecular weight excluding hydrogens is 200 g/mol. The topological polar surface area (TPSA) is 18.5 Å². The van der Waals surface area contributed by atoms with Crippen LogP contribution in [-0.2, 0) is 8.85 Å². The number of rotatable bonds is 6. The molecular formula is C6H15ClO2SSi. The summed E-state index contributed by atoms with van der Waals surface area (Å²) in [6, 6.07) is 0.735. The number of hydrogen-bond acceptors (Lipinski definition) is 3. The Bertz CT molecular complexity index is 87.6. The lowest BCUT2D eigenvalue weighted by Crippen LogP contribution is -2.36. The minimum Gasteiger partial charge on any atom is -0.383 e. The Balaban J connectivity index is 3.79. The van der Waals surface area contributed by atoms with Gasteiger partial charge in [0.15, 0.2) is 0 Å². The van der Waals surface area contributed by atoms with E-state index in [0.29, 0.717) is 13.2 Å². The van der Waals surface area contributed by atoms with Crippen LogP contribution in [0.2, 0.25) is 6.04 Å². The van der Waals surface area contributed by atoms with Crippen LogP contribution in [0.3, 0.4) is 0 Å². The highest BCUT2D eigenvalue weighted by molar-refractivity contribution is 7.80. The zero-order valence-electron chi connectivity index (χ0n) is 6.97. The molecule has 0 aliphatic heterocycles. The van der Waals surface area contributed by atoms with Gasteiger partial charge in [0.2, 0.25) is 0 Å². The van der Waals surface area contributed by atoms with E-state index in [1.54, 1.807) is 0 Å². The highest BCUT2D eigenvalue weighted by atomic mass is 35.6. The summed E-state index contributed by atoms with van der Waals surface area (Å²) in [4.78, 5) is 0. The van der Waals surface area contributed by atoms with Crippen molar-refractivity contribution in [1.82, 2.24) is 0 Å². The summed E-state index contributed by atoms with van der Waals surface area (Å²) in [5, 5.41) is 0. The Kier molecular flexibility index (Phi) is 6.76. The van der Waals surface area contributed by atoms with Crippen LogP contribution in [0.5, 0.6) is 0 Å². The summed E-state index contributed by atoms with van der Waals surface area (Å²) in [7, 11) is -2.35. The molecule has 0 atom stereocenters. The number of halogens is 1. The van der Waals surface area contributed by atoms with Gasteiger partial charge in [-0.2, -0.15) is 12.6 Å². The molecule has 0 fully saturated rings. The Morgan fingerprint density at radius 1 is 1.27 bits per heavy atom. The maximum Gasteiger partial charge on any atom is 0.443 e. The number of hydrogen-bond donors (Lipinski definition) is 1. The molecule has 0 aromatic rings. The van der Waals surface area contributed by atoms with Crippen LogP contribution in [0.15, 0.2) is 0 Å². The molecule has 0 aromatic heterocycles. The van der Waals surface area contributed by atoms with Crippen molar-refractivity contribution < 1.29 is 8.85 Å². The van der Waals surface area contributed by atoms with Gasteiger partial charge in [-0.15, -0.1) is 0 Å². The zero-order valence-corrected chi connectivity index (χ0v) is 9.62. The van der Waals surface area contributed by atoms with Crippen LogP contribution in [0.4, 0.5) is 0 Å². The van der Waals surface area contributed by atoms with Crippen molar-refractivity contribution in [3.05, 3.63) is 0 Å². The molecule has 0 amide bonds. The lowest BCUT2D eigenvalue weighted by Gasteiger charge is -2.21. The minimum atomic E-state index is -2.35. The second-order valence-electron chi connectivity index (χ2n) is 2.00. The Labute approximate surface area is 79.6 Å². The molecule has 0 saturated heterocycles. The van der Waals surface area contributed by atoms with E-state index in [0.717, 1.165) is 11.8 Å². The smallest absolute Gasteiger partial charge is 0.383 e. The third-order valence-corrected chi connectivity index (χ3v) is 5.28. The molecule has 68 valence electrons. The first-order chi connectivity index (χ1) is 5.18. The van der Waals surface area contributed by atoms with Gasteiger partial charge in [-0.05, 0) is 19.6 Å². The van der Waals surface area contributed by atoms with Crippen LogP contribution < -0.4 is 0 Å². The van der Waals surface area contributed by atoms with Crippen molar-refractivity contribution in [2.75, 3.05) is 19.0 Å². The Morgan fingerprint density at radius 3 is 2.00 bits per heavy atom. The average Bonchev–Trinajstić information content (AvgIpc) is 1.88. The summed E-state index contributed by atoms with van der Waals surface area (Å²) >= 11 is 10.2. The second kappa shape index (κ2) is 6.31. The van der Waals surface area contributed by atoms with Crippen LogP contribution in [0, 0.1) is 0 Å². The van der Waals surface area contributed by atoms with Gasteiger partial charge >= 0.3 is 7.87 Å². The predicted molar refractivity (Wildman–Crippen MR) is 53.5 cm³/mol. The first-order valence-electron chi connectivity index (χ1n) is 3.76. The van der Waals surface area contributed by atoms with E-state index in [1.807, 2.05) is 13.8 Å². The average molecular weight is 215 g/mol. The normalized spacial score (nSPS) is 12.0. The van der Waals surface area contributed by atoms with Crippen molar-refractivity contribution in [3.63, 3.8) is 0 Å². The molecule has 0 heterocycles. The zero-order chi connectivity index (χ0) is 8.74. The fourth-order valence-electron chi connectivity index (χ4n) is 0.751. The first kappa shape index (κ1) is 11.8. The van der Waals surface area contributed by atoms with Gasteiger partial charge in [0.25, 0.3) is 0 Å². The number of thiol groups is 1. The van der Waals surface area contributed by atoms with Crippen molar-refractivity contribution in [2.24, 2.45) is 0 Å². The summed E-state index contributed by atoms with van der Waals surface area (Å²) < 4.78 is 10.7. The largest absolute Gasteiger partial charge is 0.443 e. The Morgan fingerprint density at radius 2 is 1.73 bits per heavy atom. The lowest BCUT2D eigenvalue weighted by molar-refractivity contribution is 0.204. The van der Waals surface area contributed by atoms with E-state index in [-0.39, 0.29) is 0 Å². The molecule has 0 radical (unpaired) electrons. The van der Waals surface area contributed by atoms with Gasteiger partial charge in [-0.3, -0.25) is 0 Å². The monoisotopic (exact) mass is 214 g/mol. The first-order valence-corrected chi connectivity index (χ1v) is 7.43. The SMILES string of the molecule is CCO[Si](Cl)(CCS)OCC. The molecule has 0 N–H and O–H groups in total. The Hall–Kier alpha value is 0.777. The molecule has 11 heavy (non-hydrogen) atoms. The predicted octanol–water partition coefficient (Wildman–Crippen LogP) is 2.17. The molecule has 0 unspecified atom stereocenters. The third-order valence-electron chi connectivity index (χ3n) is 1.13. The summed E-state index contributed by atoms with van der Waals surface area (Å²) in [5.74, 6) is 0.718. The standard InChI is InChI=1S/C6H15ClO2SSi/c1-3-8-11(7,6-5-10)9-4-2/h10H,3-6H2,1-2H3. The molecule has 5 heteroatoms. The minimum absolute atomic E-state index is 0.615. The fraction of sp³-hybridized carbons (Fsp3) is 1.00. The van der Waals surface area contributed by atoms with E-state index >= 15 is 0 Å². The lowest BCUT2D eigenvalue weighted by atomic mass is 10.9. The van der Waals surface area contributed by atoms with Crippen molar-refractivity contribution in [3.8, 4) is 0 Å². The molecule has 0 bridgehead atoms. The molecule has 0 saturated carbocycles. The van der Waals surface area contributed by atoms with E-state index in [4.69, 9.17) is 19.9 Å². The second-order valence-corrected chi connectivity index (χ2v) is 6.57. The van der Waals surface area contributed by atoms with Gasteiger partial charge in [-0.1, -0.05) is 11.1 Å². The molecule has 0 aliphatic carbocycles. The van der Waals surface area contributed by atoms with Crippen molar-refractivity contribution >= 4 is 31.6 Å². The van der Waals surface area contributed by atoms with E-state index in [2.05, 4.69) is 12.6 Å². The van der Waals surface area contributed by atoms with Crippen molar-refractivity contribution in [2.45, 2.75) is 19.9 Å². The van der Waals surface area contributed by atoms with Crippen LogP contribution in [0.1, 0.15) is 13.8 Å². The summed E-state index contributed by atoms with van der Waals surface area (Å²) in [6.07, 6.45) is 0. The molecule has 0 spiro atoms. The van der Waals surface area contributed by atoms with Crippen molar-refractivity contribution in [1.29, 1.82) is 0 Å². The van der Waals surface area contributed by atoms with Crippen LogP contribution in [0.25, 0.3) is 0 Å². The molecule has 2 nitrogen and oxygen atoms in total. The third kappa shape index (κ3) is 5.09. The van der Waals surface area contributed by atoms with E-state index < -0.39 is 7.87 Å². The quantitative estimate of drug-likeness (QED) is 0.415. The van der Waals surface area contributed by atoms with Crippen LogP contribution >= 0.6 is 23.7 Å². The van der Waals surface area contributed by atoms with Gasteiger partial charge in [0.05, 0.1) is 0 Å². The fourth-order valence-corrected chi connectivity index (χ4v) is 4.47.